The van der Waals surface area contributed by atoms with Gasteiger partial charge in [-0.1, -0.05) is 6.07 Å². The predicted octanol–water partition coefficient (Wildman–Crippen LogP) is 2.94. The van der Waals surface area contributed by atoms with Gasteiger partial charge in [-0.3, -0.25) is 9.67 Å². The fourth-order valence-corrected chi connectivity index (χ4v) is 2.27. The molecule has 2 aromatic heterocycles. The molecule has 0 unspecified atom stereocenters. The quantitative estimate of drug-likeness (QED) is 0.775. The van der Waals surface area contributed by atoms with Crippen LogP contribution < -0.4 is 10.6 Å². The molecule has 2 N–H and O–H groups in total. The van der Waals surface area contributed by atoms with Crippen LogP contribution in [0.4, 0.5) is 14.9 Å². The van der Waals surface area contributed by atoms with E-state index in [4.69, 9.17) is 0 Å². The van der Waals surface area contributed by atoms with Gasteiger partial charge in [0, 0.05) is 37.2 Å². The molecule has 0 saturated heterocycles. The van der Waals surface area contributed by atoms with Crippen LogP contribution in [0.2, 0.25) is 0 Å². The Labute approximate surface area is 138 Å². The monoisotopic (exact) mass is 325 g/mol. The molecule has 1 aromatic carbocycles. The summed E-state index contributed by atoms with van der Waals surface area (Å²) in [6, 6.07) is 8.92. The van der Waals surface area contributed by atoms with Crippen molar-refractivity contribution < 1.29 is 9.18 Å². The van der Waals surface area contributed by atoms with Crippen LogP contribution >= 0.6 is 0 Å². The van der Waals surface area contributed by atoms with Crippen LogP contribution in [0.3, 0.4) is 0 Å². The lowest BCUT2D eigenvalue weighted by Crippen LogP contribution is -2.28. The predicted molar refractivity (Wildman–Crippen MR) is 88.7 cm³/mol. The SMILES string of the molecule is Cn1cc(-c2ncccc2CNC(=O)Nc2ccc(F)cc2)cn1. The summed E-state index contributed by atoms with van der Waals surface area (Å²) in [5.41, 5.74) is 3.05. The molecule has 24 heavy (non-hydrogen) atoms. The third-order valence-electron chi connectivity index (χ3n) is 3.41. The van der Waals surface area contributed by atoms with Crippen molar-refractivity contribution in [3.63, 3.8) is 0 Å². The second-order valence-corrected chi connectivity index (χ2v) is 5.23. The molecule has 0 aliphatic heterocycles. The van der Waals surface area contributed by atoms with E-state index in [1.165, 1.54) is 24.3 Å². The van der Waals surface area contributed by atoms with Gasteiger partial charge in [0.2, 0.25) is 0 Å². The molecule has 7 heteroatoms. The minimum atomic E-state index is -0.373. The molecule has 0 atom stereocenters. The maximum atomic E-state index is 12.9. The maximum Gasteiger partial charge on any atom is 0.319 e. The van der Waals surface area contributed by atoms with Crippen LogP contribution in [0.1, 0.15) is 5.56 Å². The molecule has 0 saturated carbocycles. The van der Waals surface area contributed by atoms with Gasteiger partial charge in [0.15, 0.2) is 0 Å². The van der Waals surface area contributed by atoms with E-state index < -0.39 is 0 Å². The second kappa shape index (κ2) is 6.91. The zero-order chi connectivity index (χ0) is 16.9. The lowest BCUT2D eigenvalue weighted by atomic mass is 10.1. The number of rotatable bonds is 4. The van der Waals surface area contributed by atoms with E-state index in [0.29, 0.717) is 12.2 Å². The maximum absolute atomic E-state index is 12.9. The standard InChI is InChI=1S/C17H16FN5O/c1-23-11-13(10-21-23)16-12(3-2-8-19-16)9-20-17(24)22-15-6-4-14(18)5-7-15/h2-8,10-11H,9H2,1H3,(H2,20,22,24). The van der Waals surface area contributed by atoms with Gasteiger partial charge in [-0.15, -0.1) is 0 Å². The van der Waals surface area contributed by atoms with Gasteiger partial charge >= 0.3 is 6.03 Å². The van der Waals surface area contributed by atoms with Crippen LogP contribution in [0.15, 0.2) is 55.0 Å². The summed E-state index contributed by atoms with van der Waals surface area (Å²) < 4.78 is 14.6. The van der Waals surface area contributed by atoms with E-state index in [1.807, 2.05) is 25.4 Å². The third-order valence-corrected chi connectivity index (χ3v) is 3.41. The van der Waals surface area contributed by atoms with E-state index in [0.717, 1.165) is 16.8 Å². The first-order chi connectivity index (χ1) is 11.6. The Bertz CT molecular complexity index is 844. The highest BCUT2D eigenvalue weighted by Crippen LogP contribution is 2.20. The number of halogens is 1. The minimum absolute atomic E-state index is 0.311. The molecule has 6 nitrogen and oxygen atoms in total. The molecular weight excluding hydrogens is 309 g/mol. The number of aryl methyl sites for hydroxylation is 1. The van der Waals surface area contributed by atoms with Gasteiger partial charge < -0.3 is 10.6 Å². The largest absolute Gasteiger partial charge is 0.334 e. The molecule has 2 amide bonds. The number of carbonyl (C=O) groups excluding carboxylic acids is 1. The molecule has 122 valence electrons. The van der Waals surface area contributed by atoms with Crippen molar-refractivity contribution in [1.82, 2.24) is 20.1 Å². The molecule has 0 aliphatic carbocycles. The highest BCUT2D eigenvalue weighted by Gasteiger charge is 2.09. The Morgan fingerprint density at radius 3 is 2.75 bits per heavy atom. The summed E-state index contributed by atoms with van der Waals surface area (Å²) in [6.07, 6.45) is 5.29. The van der Waals surface area contributed by atoms with Crippen LogP contribution in [0.5, 0.6) is 0 Å². The van der Waals surface area contributed by atoms with E-state index in [-0.39, 0.29) is 11.8 Å². The van der Waals surface area contributed by atoms with Gasteiger partial charge in [0.1, 0.15) is 5.82 Å². The Kier molecular flexibility index (Phi) is 4.51. The van der Waals surface area contributed by atoms with Crippen molar-refractivity contribution in [1.29, 1.82) is 0 Å². The van der Waals surface area contributed by atoms with Gasteiger partial charge in [-0.05, 0) is 35.9 Å². The number of benzene rings is 1. The van der Waals surface area contributed by atoms with Crippen molar-refractivity contribution in [3.8, 4) is 11.3 Å². The van der Waals surface area contributed by atoms with E-state index in [9.17, 15) is 9.18 Å². The van der Waals surface area contributed by atoms with Gasteiger partial charge in [-0.2, -0.15) is 5.10 Å². The summed E-state index contributed by atoms with van der Waals surface area (Å²) in [5, 5.41) is 9.56. The Morgan fingerprint density at radius 1 is 1.25 bits per heavy atom. The zero-order valence-electron chi connectivity index (χ0n) is 13.0. The van der Waals surface area contributed by atoms with Crippen LogP contribution in [0, 0.1) is 5.82 Å². The topological polar surface area (TPSA) is 71.8 Å². The minimum Gasteiger partial charge on any atom is -0.334 e. The van der Waals surface area contributed by atoms with Crippen molar-refractivity contribution >= 4 is 11.7 Å². The van der Waals surface area contributed by atoms with E-state index in [2.05, 4.69) is 20.7 Å². The summed E-state index contributed by atoms with van der Waals surface area (Å²) in [7, 11) is 1.83. The van der Waals surface area contributed by atoms with Crippen molar-refractivity contribution in [2.24, 2.45) is 7.05 Å². The number of hydrogen-bond acceptors (Lipinski definition) is 3. The first-order valence-electron chi connectivity index (χ1n) is 7.35. The third kappa shape index (κ3) is 3.75. The summed E-state index contributed by atoms with van der Waals surface area (Å²) >= 11 is 0. The lowest BCUT2D eigenvalue weighted by molar-refractivity contribution is 0.251. The number of urea groups is 1. The van der Waals surface area contributed by atoms with Gasteiger partial charge in [0.05, 0.1) is 11.9 Å². The van der Waals surface area contributed by atoms with Crippen LogP contribution in [-0.2, 0) is 13.6 Å². The first kappa shape index (κ1) is 15.7. The van der Waals surface area contributed by atoms with Crippen LogP contribution in [-0.4, -0.2) is 20.8 Å². The molecule has 2 heterocycles. The normalized spacial score (nSPS) is 10.4. The molecule has 0 radical (unpaired) electrons. The van der Waals surface area contributed by atoms with Crippen molar-refractivity contribution in [3.05, 3.63) is 66.4 Å². The summed E-state index contributed by atoms with van der Waals surface area (Å²) in [6.45, 7) is 0.311. The van der Waals surface area contributed by atoms with Gasteiger partial charge in [0.25, 0.3) is 0 Å². The fraction of sp³-hybridized carbons (Fsp3) is 0.118. The first-order valence-corrected chi connectivity index (χ1v) is 7.35. The lowest BCUT2D eigenvalue weighted by Gasteiger charge is -2.10. The van der Waals surface area contributed by atoms with E-state index >= 15 is 0 Å². The second-order valence-electron chi connectivity index (χ2n) is 5.23. The van der Waals surface area contributed by atoms with Crippen molar-refractivity contribution in [2.75, 3.05) is 5.32 Å². The summed E-state index contributed by atoms with van der Waals surface area (Å²) in [4.78, 5) is 16.3. The number of amides is 2. The average Bonchev–Trinajstić information content (AvgIpc) is 3.02. The highest BCUT2D eigenvalue weighted by molar-refractivity contribution is 5.89. The molecule has 3 aromatic rings. The average molecular weight is 325 g/mol. The number of hydrogen-bond donors (Lipinski definition) is 2. The molecule has 3 rings (SSSR count). The number of aromatic nitrogens is 3. The number of carbonyl (C=O) groups is 1. The number of anilines is 1. The fourth-order valence-electron chi connectivity index (χ4n) is 2.27. The molecule has 0 spiro atoms. The van der Waals surface area contributed by atoms with Crippen LogP contribution in [0.25, 0.3) is 11.3 Å². The number of nitrogens with zero attached hydrogens (tertiary/aromatic N) is 3. The number of nitrogens with one attached hydrogen (secondary N) is 2. The molecule has 0 bridgehead atoms. The Balaban J connectivity index is 1.66. The smallest absolute Gasteiger partial charge is 0.319 e. The zero-order valence-corrected chi connectivity index (χ0v) is 13.0. The molecule has 0 aliphatic rings. The Hall–Kier alpha value is -3.22. The van der Waals surface area contributed by atoms with E-state index in [1.54, 1.807) is 17.1 Å². The van der Waals surface area contributed by atoms with Gasteiger partial charge in [-0.25, -0.2) is 9.18 Å². The molecule has 0 fully saturated rings. The van der Waals surface area contributed by atoms with Crippen molar-refractivity contribution in [2.45, 2.75) is 6.54 Å². The molecular formula is C17H16FN5O. The number of pyridine rings is 1. The summed E-state index contributed by atoms with van der Waals surface area (Å²) in [5.74, 6) is -0.350. The Morgan fingerprint density at radius 2 is 2.04 bits per heavy atom. The highest BCUT2D eigenvalue weighted by atomic mass is 19.1.